The van der Waals surface area contributed by atoms with E-state index in [9.17, 15) is 0 Å². The van der Waals surface area contributed by atoms with Gasteiger partial charge in [0, 0.05) is 25.4 Å². The second kappa shape index (κ2) is 4.95. The molecule has 0 radical (unpaired) electrons. The zero-order valence-electron chi connectivity index (χ0n) is 9.39. The van der Waals surface area contributed by atoms with Crippen molar-refractivity contribution in [2.75, 3.05) is 20.1 Å². The van der Waals surface area contributed by atoms with E-state index in [0.717, 1.165) is 25.9 Å². The Hall–Kier alpha value is -1.60. The number of piperidine rings is 1. The van der Waals surface area contributed by atoms with Gasteiger partial charge in [-0.25, -0.2) is 4.98 Å². The summed E-state index contributed by atoms with van der Waals surface area (Å²) in [5.74, 6) is 0.619. The largest absolute Gasteiger partial charge is 0.474 e. The van der Waals surface area contributed by atoms with Crippen molar-refractivity contribution in [1.82, 2.24) is 9.88 Å². The van der Waals surface area contributed by atoms with Crippen LogP contribution in [0.15, 0.2) is 18.3 Å². The monoisotopic (exact) mass is 217 g/mol. The fourth-order valence-electron chi connectivity index (χ4n) is 1.79. The smallest absolute Gasteiger partial charge is 0.213 e. The van der Waals surface area contributed by atoms with Crippen molar-refractivity contribution in [3.05, 3.63) is 23.9 Å². The van der Waals surface area contributed by atoms with E-state index in [-0.39, 0.29) is 6.10 Å². The third kappa shape index (κ3) is 2.71. The van der Waals surface area contributed by atoms with Crippen molar-refractivity contribution in [3.8, 4) is 11.9 Å². The molecule has 0 spiro atoms. The summed E-state index contributed by atoms with van der Waals surface area (Å²) < 4.78 is 5.76. The molecule has 0 aliphatic carbocycles. The van der Waals surface area contributed by atoms with Gasteiger partial charge in [0.25, 0.3) is 0 Å². The molecule has 4 nitrogen and oxygen atoms in total. The molecule has 1 aromatic heterocycles. The molecule has 0 aromatic carbocycles. The van der Waals surface area contributed by atoms with Crippen LogP contribution in [0.4, 0.5) is 0 Å². The van der Waals surface area contributed by atoms with Gasteiger partial charge in [-0.2, -0.15) is 5.26 Å². The van der Waals surface area contributed by atoms with Crippen molar-refractivity contribution in [2.45, 2.75) is 18.9 Å². The molecule has 0 N–H and O–H groups in total. The molecular formula is C12H15N3O. The lowest BCUT2D eigenvalue weighted by molar-refractivity contribution is 0.110. The van der Waals surface area contributed by atoms with E-state index in [2.05, 4.69) is 16.9 Å². The van der Waals surface area contributed by atoms with Gasteiger partial charge in [0.1, 0.15) is 12.2 Å². The summed E-state index contributed by atoms with van der Waals surface area (Å²) in [5, 5.41) is 8.64. The van der Waals surface area contributed by atoms with E-state index in [0.29, 0.717) is 11.4 Å². The maximum atomic E-state index is 8.64. The number of nitriles is 1. The summed E-state index contributed by atoms with van der Waals surface area (Å²) in [4.78, 5) is 6.40. The van der Waals surface area contributed by atoms with Crippen LogP contribution < -0.4 is 4.74 Å². The normalized spacial score (nSPS) is 18.0. The molecule has 1 aliphatic rings. The van der Waals surface area contributed by atoms with Crippen molar-refractivity contribution in [3.63, 3.8) is 0 Å². The first-order valence-electron chi connectivity index (χ1n) is 5.49. The molecule has 1 aliphatic heterocycles. The number of pyridine rings is 1. The molecule has 1 saturated heterocycles. The Morgan fingerprint density at radius 3 is 2.75 bits per heavy atom. The summed E-state index contributed by atoms with van der Waals surface area (Å²) >= 11 is 0. The fourth-order valence-corrected chi connectivity index (χ4v) is 1.79. The van der Waals surface area contributed by atoms with Gasteiger partial charge in [-0.3, -0.25) is 0 Å². The van der Waals surface area contributed by atoms with Crippen LogP contribution in [0, 0.1) is 11.3 Å². The Bertz CT molecular complexity index is 374. The molecule has 84 valence electrons. The van der Waals surface area contributed by atoms with E-state index in [1.807, 2.05) is 6.07 Å². The Balaban J connectivity index is 1.91. The molecule has 0 amide bonds. The summed E-state index contributed by atoms with van der Waals surface area (Å²) in [5.41, 5.74) is 0.565. The predicted octanol–water partition coefficient (Wildman–Crippen LogP) is 1.43. The lowest BCUT2D eigenvalue weighted by Crippen LogP contribution is -2.35. The van der Waals surface area contributed by atoms with Gasteiger partial charge < -0.3 is 9.64 Å². The first-order chi connectivity index (χ1) is 7.78. The number of rotatable bonds is 2. The average Bonchev–Trinajstić information content (AvgIpc) is 2.33. The van der Waals surface area contributed by atoms with Crippen LogP contribution in [-0.4, -0.2) is 36.1 Å². The van der Waals surface area contributed by atoms with Gasteiger partial charge in [-0.15, -0.1) is 0 Å². The molecule has 2 heterocycles. The quantitative estimate of drug-likeness (QED) is 0.752. The molecule has 0 unspecified atom stereocenters. The Morgan fingerprint density at radius 2 is 2.19 bits per heavy atom. The van der Waals surface area contributed by atoms with Gasteiger partial charge in [-0.05, 0) is 26.0 Å². The molecule has 1 aromatic rings. The minimum Gasteiger partial charge on any atom is -0.474 e. The average molecular weight is 217 g/mol. The van der Waals surface area contributed by atoms with Crippen LogP contribution in [-0.2, 0) is 0 Å². The summed E-state index contributed by atoms with van der Waals surface area (Å²) in [6, 6.07) is 5.53. The zero-order valence-corrected chi connectivity index (χ0v) is 9.39. The van der Waals surface area contributed by atoms with Crippen LogP contribution in [0.3, 0.4) is 0 Å². The Labute approximate surface area is 95.5 Å². The molecule has 2 rings (SSSR count). The summed E-state index contributed by atoms with van der Waals surface area (Å²) in [6.07, 6.45) is 3.89. The van der Waals surface area contributed by atoms with Gasteiger partial charge >= 0.3 is 0 Å². The highest BCUT2D eigenvalue weighted by Gasteiger charge is 2.18. The lowest BCUT2D eigenvalue weighted by Gasteiger charge is -2.28. The minimum absolute atomic E-state index is 0.261. The van der Waals surface area contributed by atoms with E-state index in [4.69, 9.17) is 10.00 Å². The van der Waals surface area contributed by atoms with E-state index in [1.165, 1.54) is 0 Å². The van der Waals surface area contributed by atoms with Crippen molar-refractivity contribution >= 4 is 0 Å². The van der Waals surface area contributed by atoms with Crippen molar-refractivity contribution in [1.29, 1.82) is 5.26 Å². The standard InChI is InChI=1S/C12H15N3O/c1-15-6-4-11(5-7-15)16-12-3-2-10(8-13)9-14-12/h2-3,9,11H,4-7H2,1H3. The summed E-state index contributed by atoms with van der Waals surface area (Å²) in [7, 11) is 2.12. The van der Waals surface area contributed by atoms with E-state index < -0.39 is 0 Å². The number of aromatic nitrogens is 1. The van der Waals surface area contributed by atoms with Crippen LogP contribution in [0.2, 0.25) is 0 Å². The second-order valence-corrected chi connectivity index (χ2v) is 4.12. The highest BCUT2D eigenvalue weighted by atomic mass is 16.5. The molecule has 0 atom stereocenters. The number of likely N-dealkylation sites (tertiary alicyclic amines) is 1. The number of hydrogen-bond donors (Lipinski definition) is 0. The number of ether oxygens (including phenoxy) is 1. The van der Waals surface area contributed by atoms with Gasteiger partial charge in [0.15, 0.2) is 0 Å². The first-order valence-corrected chi connectivity index (χ1v) is 5.49. The van der Waals surface area contributed by atoms with Gasteiger partial charge in [0.05, 0.1) is 5.56 Å². The molecule has 1 fully saturated rings. The van der Waals surface area contributed by atoms with E-state index >= 15 is 0 Å². The minimum atomic E-state index is 0.261. The highest BCUT2D eigenvalue weighted by molar-refractivity contribution is 5.28. The lowest BCUT2D eigenvalue weighted by atomic mass is 10.1. The summed E-state index contributed by atoms with van der Waals surface area (Å²) in [6.45, 7) is 2.14. The maximum absolute atomic E-state index is 8.64. The third-order valence-corrected chi connectivity index (χ3v) is 2.82. The molecular weight excluding hydrogens is 202 g/mol. The van der Waals surface area contributed by atoms with Crippen molar-refractivity contribution in [2.24, 2.45) is 0 Å². The molecule has 0 bridgehead atoms. The van der Waals surface area contributed by atoms with Crippen LogP contribution >= 0.6 is 0 Å². The topological polar surface area (TPSA) is 49.1 Å². The number of hydrogen-bond acceptors (Lipinski definition) is 4. The van der Waals surface area contributed by atoms with Gasteiger partial charge in [0.2, 0.25) is 5.88 Å². The molecule has 0 saturated carbocycles. The molecule has 16 heavy (non-hydrogen) atoms. The SMILES string of the molecule is CN1CCC(Oc2ccc(C#N)cn2)CC1. The maximum Gasteiger partial charge on any atom is 0.213 e. The van der Waals surface area contributed by atoms with Gasteiger partial charge in [-0.1, -0.05) is 0 Å². The van der Waals surface area contributed by atoms with E-state index in [1.54, 1.807) is 18.3 Å². The first kappa shape index (κ1) is 10.9. The van der Waals surface area contributed by atoms with Crippen molar-refractivity contribution < 1.29 is 4.74 Å². The number of nitrogens with zero attached hydrogens (tertiary/aromatic N) is 3. The zero-order chi connectivity index (χ0) is 11.4. The Kier molecular flexibility index (Phi) is 3.37. The fraction of sp³-hybridized carbons (Fsp3) is 0.500. The second-order valence-electron chi connectivity index (χ2n) is 4.12. The Morgan fingerprint density at radius 1 is 1.44 bits per heavy atom. The molecule has 4 heteroatoms. The van der Waals surface area contributed by atoms with Crippen LogP contribution in [0.1, 0.15) is 18.4 Å². The predicted molar refractivity (Wildman–Crippen MR) is 60.1 cm³/mol. The third-order valence-electron chi connectivity index (χ3n) is 2.82. The highest BCUT2D eigenvalue weighted by Crippen LogP contribution is 2.16. The van der Waals surface area contributed by atoms with Crippen LogP contribution in [0.5, 0.6) is 5.88 Å². The van der Waals surface area contributed by atoms with Crippen LogP contribution in [0.25, 0.3) is 0 Å².